The van der Waals surface area contributed by atoms with Gasteiger partial charge in [-0.05, 0) is 18.2 Å². The predicted octanol–water partition coefficient (Wildman–Crippen LogP) is 2.57. The number of halogens is 3. The number of ether oxygens (including phenoxy) is 1. The van der Waals surface area contributed by atoms with Crippen molar-refractivity contribution in [2.45, 2.75) is 6.04 Å². The van der Waals surface area contributed by atoms with E-state index in [-0.39, 0.29) is 10.6 Å². The number of nitrogens with zero attached hydrogens (tertiary/aromatic N) is 1. The van der Waals surface area contributed by atoms with Gasteiger partial charge in [-0.1, -0.05) is 11.6 Å². The Morgan fingerprint density at radius 1 is 1.35 bits per heavy atom. The third-order valence-corrected chi connectivity index (χ3v) is 3.21. The minimum absolute atomic E-state index is 0.0608. The van der Waals surface area contributed by atoms with Crippen molar-refractivity contribution in [2.24, 2.45) is 5.84 Å². The van der Waals surface area contributed by atoms with Crippen molar-refractivity contribution < 1.29 is 13.5 Å². The highest BCUT2D eigenvalue weighted by molar-refractivity contribution is 6.31. The molecule has 0 fully saturated rings. The first kappa shape index (κ1) is 14.6. The van der Waals surface area contributed by atoms with Crippen LogP contribution < -0.4 is 16.0 Å². The minimum atomic E-state index is -1.06. The normalized spacial score (nSPS) is 12.2. The van der Waals surface area contributed by atoms with E-state index in [1.165, 1.54) is 25.6 Å². The lowest BCUT2D eigenvalue weighted by molar-refractivity contribution is 0.400. The van der Waals surface area contributed by atoms with Crippen LogP contribution in [0.5, 0.6) is 5.75 Å². The molecule has 4 nitrogen and oxygen atoms in total. The molecule has 0 saturated heterocycles. The van der Waals surface area contributed by atoms with Gasteiger partial charge in [-0.2, -0.15) is 0 Å². The van der Waals surface area contributed by atoms with Gasteiger partial charge in [-0.25, -0.2) is 14.2 Å². The predicted molar refractivity (Wildman–Crippen MR) is 71.3 cm³/mol. The second kappa shape index (κ2) is 6.13. The molecule has 0 spiro atoms. The van der Waals surface area contributed by atoms with Crippen LogP contribution in [0.3, 0.4) is 0 Å². The van der Waals surface area contributed by atoms with Crippen molar-refractivity contribution in [3.63, 3.8) is 0 Å². The number of methoxy groups -OCH3 is 1. The smallest absolute Gasteiger partial charge is 0.165 e. The summed E-state index contributed by atoms with van der Waals surface area (Å²) in [6.07, 6.45) is 2.94. The molecule has 1 unspecified atom stereocenters. The average molecular weight is 300 g/mol. The fraction of sp³-hybridized carbons (Fsp3) is 0.154. The van der Waals surface area contributed by atoms with Crippen LogP contribution in [0.4, 0.5) is 8.78 Å². The van der Waals surface area contributed by atoms with Crippen LogP contribution in [-0.4, -0.2) is 12.1 Å². The summed E-state index contributed by atoms with van der Waals surface area (Å²) in [7, 11) is 1.44. The summed E-state index contributed by atoms with van der Waals surface area (Å²) in [6, 6.07) is 2.95. The number of benzene rings is 1. The monoisotopic (exact) mass is 299 g/mol. The first-order valence-electron chi connectivity index (χ1n) is 5.67. The van der Waals surface area contributed by atoms with Crippen LogP contribution in [0, 0.1) is 11.6 Å². The molecule has 0 saturated carbocycles. The minimum Gasteiger partial charge on any atom is -0.495 e. The first-order valence-corrected chi connectivity index (χ1v) is 6.05. The van der Waals surface area contributed by atoms with Crippen molar-refractivity contribution >= 4 is 11.6 Å². The second-order valence-corrected chi connectivity index (χ2v) is 4.38. The summed E-state index contributed by atoms with van der Waals surface area (Å²) < 4.78 is 32.6. The van der Waals surface area contributed by atoms with E-state index in [4.69, 9.17) is 22.2 Å². The van der Waals surface area contributed by atoms with Crippen LogP contribution in [0.2, 0.25) is 5.02 Å². The van der Waals surface area contributed by atoms with Gasteiger partial charge >= 0.3 is 0 Å². The zero-order valence-corrected chi connectivity index (χ0v) is 11.3. The Morgan fingerprint density at radius 2 is 2.10 bits per heavy atom. The summed E-state index contributed by atoms with van der Waals surface area (Å²) in [4.78, 5) is 3.89. The highest BCUT2D eigenvalue weighted by Gasteiger charge is 2.25. The molecule has 1 aromatic carbocycles. The lowest BCUT2D eigenvalue weighted by Crippen LogP contribution is -2.30. The molecular formula is C13H12ClF2N3O. The van der Waals surface area contributed by atoms with Gasteiger partial charge in [0.05, 0.1) is 19.3 Å². The Bertz CT molecular complexity index is 625. The van der Waals surface area contributed by atoms with Gasteiger partial charge in [-0.15, -0.1) is 0 Å². The molecule has 3 N–H and O–H groups in total. The molecule has 0 amide bonds. The molecule has 1 atom stereocenters. The molecular weight excluding hydrogens is 288 g/mol. The Balaban J connectivity index is 2.62. The highest BCUT2D eigenvalue weighted by Crippen LogP contribution is 2.34. The Kier molecular flexibility index (Phi) is 4.49. The summed E-state index contributed by atoms with van der Waals surface area (Å²) in [6.45, 7) is 0. The maximum Gasteiger partial charge on any atom is 0.165 e. The molecule has 20 heavy (non-hydrogen) atoms. The van der Waals surface area contributed by atoms with E-state index in [1.807, 2.05) is 0 Å². The number of aromatic nitrogens is 1. The molecule has 0 aliphatic carbocycles. The fourth-order valence-electron chi connectivity index (χ4n) is 1.94. The van der Waals surface area contributed by atoms with Gasteiger partial charge in [0.15, 0.2) is 11.6 Å². The zero-order chi connectivity index (χ0) is 14.7. The van der Waals surface area contributed by atoms with Gasteiger partial charge in [0.25, 0.3) is 0 Å². The van der Waals surface area contributed by atoms with E-state index < -0.39 is 17.7 Å². The van der Waals surface area contributed by atoms with Gasteiger partial charge in [0.1, 0.15) is 5.75 Å². The Hall–Kier alpha value is -1.76. The largest absolute Gasteiger partial charge is 0.495 e. The molecule has 0 bridgehead atoms. The van der Waals surface area contributed by atoms with Gasteiger partial charge in [0.2, 0.25) is 0 Å². The van der Waals surface area contributed by atoms with Gasteiger partial charge in [0, 0.05) is 22.3 Å². The lowest BCUT2D eigenvalue weighted by atomic mass is 9.98. The number of hydrogen-bond acceptors (Lipinski definition) is 4. The van der Waals surface area contributed by atoms with Crippen LogP contribution in [0.1, 0.15) is 17.2 Å². The van der Waals surface area contributed by atoms with Crippen LogP contribution in [0.25, 0.3) is 0 Å². The van der Waals surface area contributed by atoms with Crippen molar-refractivity contribution in [1.29, 1.82) is 0 Å². The molecule has 7 heteroatoms. The maximum atomic E-state index is 14.0. The molecule has 0 radical (unpaired) electrons. The first-order chi connectivity index (χ1) is 9.60. The summed E-state index contributed by atoms with van der Waals surface area (Å²) in [5, 5.41) is 0.0608. The maximum absolute atomic E-state index is 14.0. The van der Waals surface area contributed by atoms with Crippen molar-refractivity contribution in [3.05, 3.63) is 58.4 Å². The van der Waals surface area contributed by atoms with E-state index in [1.54, 1.807) is 6.07 Å². The molecule has 0 aliphatic heterocycles. The number of rotatable bonds is 4. The average Bonchev–Trinajstić information content (AvgIpc) is 2.47. The van der Waals surface area contributed by atoms with E-state index in [2.05, 4.69) is 10.4 Å². The lowest BCUT2D eigenvalue weighted by Gasteiger charge is -2.20. The quantitative estimate of drug-likeness (QED) is 0.517. The number of nitrogens with one attached hydrogen (secondary N) is 1. The van der Waals surface area contributed by atoms with Crippen LogP contribution in [-0.2, 0) is 0 Å². The standard InChI is InChI=1S/C13H12ClF2N3O/c1-20-10-6-18-5-4-7(10)13(19-17)11-8(14)2-3-9(15)12(11)16/h2-6,13,19H,17H2,1H3. The SMILES string of the molecule is COc1cnccc1C(NN)c1c(Cl)ccc(F)c1F. The Morgan fingerprint density at radius 3 is 2.75 bits per heavy atom. The fourth-order valence-corrected chi connectivity index (χ4v) is 2.19. The molecule has 2 aromatic rings. The Labute approximate surface area is 119 Å². The van der Waals surface area contributed by atoms with E-state index in [0.29, 0.717) is 11.3 Å². The zero-order valence-electron chi connectivity index (χ0n) is 10.5. The third-order valence-electron chi connectivity index (χ3n) is 2.88. The topological polar surface area (TPSA) is 60.2 Å². The molecule has 106 valence electrons. The highest BCUT2D eigenvalue weighted by atomic mass is 35.5. The number of pyridine rings is 1. The van der Waals surface area contributed by atoms with Gasteiger partial charge in [-0.3, -0.25) is 10.8 Å². The summed E-state index contributed by atoms with van der Waals surface area (Å²) in [5.41, 5.74) is 2.83. The van der Waals surface area contributed by atoms with E-state index >= 15 is 0 Å². The van der Waals surface area contributed by atoms with E-state index in [0.717, 1.165) is 6.07 Å². The van der Waals surface area contributed by atoms with Crippen LogP contribution in [0.15, 0.2) is 30.6 Å². The summed E-state index contributed by atoms with van der Waals surface area (Å²) >= 11 is 5.96. The molecule has 0 aliphatic rings. The van der Waals surface area contributed by atoms with Crippen molar-refractivity contribution in [3.8, 4) is 5.75 Å². The molecule has 1 heterocycles. The summed E-state index contributed by atoms with van der Waals surface area (Å²) in [5.74, 6) is 3.80. The van der Waals surface area contributed by atoms with Crippen molar-refractivity contribution in [2.75, 3.05) is 7.11 Å². The van der Waals surface area contributed by atoms with Crippen LogP contribution >= 0.6 is 11.6 Å². The molecule has 2 rings (SSSR count). The third kappa shape index (κ3) is 2.58. The number of nitrogens with two attached hydrogens (primary N) is 1. The number of hydrogen-bond donors (Lipinski definition) is 2. The van der Waals surface area contributed by atoms with Gasteiger partial charge < -0.3 is 4.74 Å². The van der Waals surface area contributed by atoms with Crippen molar-refractivity contribution in [1.82, 2.24) is 10.4 Å². The molecule has 1 aromatic heterocycles. The van der Waals surface area contributed by atoms with E-state index in [9.17, 15) is 8.78 Å². The number of hydrazine groups is 1. The second-order valence-electron chi connectivity index (χ2n) is 3.97.